The Morgan fingerprint density at radius 3 is 2.84 bits per heavy atom. The number of nitriles is 1. The lowest BCUT2D eigenvalue weighted by molar-refractivity contribution is -0.112. The first kappa shape index (κ1) is 22.6. The van der Waals surface area contributed by atoms with E-state index in [4.69, 9.17) is 27.9 Å². The minimum atomic E-state index is -0.550. The molecule has 0 fully saturated rings. The highest BCUT2D eigenvalue weighted by atomic mass is 35.5. The van der Waals surface area contributed by atoms with Crippen LogP contribution in [-0.4, -0.2) is 17.5 Å². The van der Waals surface area contributed by atoms with Crippen molar-refractivity contribution < 1.29 is 9.53 Å². The summed E-state index contributed by atoms with van der Waals surface area (Å²) < 4.78 is 5.57. The van der Waals surface area contributed by atoms with E-state index in [1.165, 1.54) is 17.4 Å². The van der Waals surface area contributed by atoms with Crippen molar-refractivity contribution in [2.45, 2.75) is 6.42 Å². The van der Waals surface area contributed by atoms with E-state index in [0.29, 0.717) is 39.5 Å². The van der Waals surface area contributed by atoms with E-state index < -0.39 is 5.91 Å². The molecule has 0 saturated carbocycles. The number of aromatic nitrogens is 1. The molecular formula is C23H17Cl2N3O2S. The van der Waals surface area contributed by atoms with Crippen molar-refractivity contribution in [1.82, 2.24) is 4.98 Å². The third-order valence-electron chi connectivity index (χ3n) is 4.09. The number of amides is 1. The molecule has 0 aliphatic carbocycles. The number of nitrogens with zero attached hydrogens (tertiary/aromatic N) is 2. The summed E-state index contributed by atoms with van der Waals surface area (Å²) in [7, 11) is 0. The number of hydrogen-bond acceptors (Lipinski definition) is 5. The van der Waals surface area contributed by atoms with Gasteiger partial charge in [-0.3, -0.25) is 10.1 Å². The van der Waals surface area contributed by atoms with Crippen LogP contribution in [0.1, 0.15) is 16.0 Å². The van der Waals surface area contributed by atoms with E-state index in [0.717, 1.165) is 10.4 Å². The summed E-state index contributed by atoms with van der Waals surface area (Å²) in [5, 5.41) is 13.7. The second-order valence-corrected chi connectivity index (χ2v) is 8.26. The van der Waals surface area contributed by atoms with Gasteiger partial charge in [0.25, 0.3) is 5.91 Å². The molecule has 1 aromatic heterocycles. The molecule has 156 valence electrons. The van der Waals surface area contributed by atoms with Crippen LogP contribution in [0.15, 0.2) is 66.9 Å². The fourth-order valence-electron chi connectivity index (χ4n) is 2.65. The zero-order valence-corrected chi connectivity index (χ0v) is 18.6. The molecule has 0 bridgehead atoms. The fraction of sp³-hybridized carbons (Fsp3) is 0.0870. The molecule has 8 heteroatoms. The van der Waals surface area contributed by atoms with Gasteiger partial charge < -0.3 is 4.74 Å². The zero-order chi connectivity index (χ0) is 22.2. The third kappa shape index (κ3) is 6.19. The Morgan fingerprint density at radius 2 is 2.10 bits per heavy atom. The minimum Gasteiger partial charge on any atom is -0.489 e. The molecule has 31 heavy (non-hydrogen) atoms. The first-order valence-electron chi connectivity index (χ1n) is 9.14. The van der Waals surface area contributed by atoms with Gasteiger partial charge in [0.2, 0.25) is 0 Å². The summed E-state index contributed by atoms with van der Waals surface area (Å²) in [4.78, 5) is 17.7. The van der Waals surface area contributed by atoms with Gasteiger partial charge in [0.1, 0.15) is 24.0 Å². The summed E-state index contributed by atoms with van der Waals surface area (Å²) in [6, 6.07) is 14.4. The van der Waals surface area contributed by atoms with Crippen molar-refractivity contribution in [2.24, 2.45) is 0 Å². The lowest BCUT2D eigenvalue weighted by atomic mass is 10.1. The molecule has 0 radical (unpaired) electrons. The van der Waals surface area contributed by atoms with Gasteiger partial charge in [-0.1, -0.05) is 60.1 Å². The quantitative estimate of drug-likeness (QED) is 0.243. The van der Waals surface area contributed by atoms with Gasteiger partial charge in [-0.15, -0.1) is 11.3 Å². The second kappa shape index (κ2) is 10.8. The molecule has 3 aromatic rings. The highest BCUT2D eigenvalue weighted by molar-refractivity contribution is 7.15. The Labute approximate surface area is 194 Å². The monoisotopic (exact) mass is 469 g/mol. The summed E-state index contributed by atoms with van der Waals surface area (Å²) in [5.74, 6) is 0.00535. The number of ether oxygens (including phenoxy) is 1. The van der Waals surface area contributed by atoms with Crippen LogP contribution < -0.4 is 10.1 Å². The van der Waals surface area contributed by atoms with E-state index >= 15 is 0 Å². The summed E-state index contributed by atoms with van der Waals surface area (Å²) in [6.07, 6.45) is 5.32. The van der Waals surface area contributed by atoms with E-state index in [2.05, 4.69) is 16.9 Å². The average molecular weight is 470 g/mol. The normalized spacial score (nSPS) is 10.9. The predicted octanol–water partition coefficient (Wildman–Crippen LogP) is 6.15. The van der Waals surface area contributed by atoms with Crippen LogP contribution in [0.5, 0.6) is 5.75 Å². The number of halogens is 2. The van der Waals surface area contributed by atoms with E-state index in [9.17, 15) is 10.1 Å². The number of carbonyl (C=O) groups is 1. The van der Waals surface area contributed by atoms with Crippen molar-refractivity contribution in [3.8, 4) is 11.8 Å². The van der Waals surface area contributed by atoms with Crippen LogP contribution in [0.3, 0.4) is 0 Å². The third-order valence-corrected chi connectivity index (χ3v) is 5.59. The Balaban J connectivity index is 1.73. The van der Waals surface area contributed by atoms with E-state index in [-0.39, 0.29) is 5.57 Å². The number of rotatable bonds is 8. The molecule has 1 amide bonds. The molecule has 0 saturated heterocycles. The van der Waals surface area contributed by atoms with Crippen LogP contribution in [0.25, 0.3) is 6.08 Å². The van der Waals surface area contributed by atoms with Gasteiger partial charge in [0, 0.05) is 33.1 Å². The maximum atomic E-state index is 12.6. The van der Waals surface area contributed by atoms with Crippen molar-refractivity contribution >= 4 is 51.7 Å². The van der Waals surface area contributed by atoms with E-state index in [1.807, 2.05) is 18.2 Å². The molecule has 5 nitrogen and oxygen atoms in total. The van der Waals surface area contributed by atoms with Gasteiger partial charge in [0.05, 0.1) is 0 Å². The Kier molecular flexibility index (Phi) is 7.85. The number of nitrogens with one attached hydrogen (secondary N) is 1. The van der Waals surface area contributed by atoms with Gasteiger partial charge >= 0.3 is 0 Å². The Bertz CT molecular complexity index is 1180. The van der Waals surface area contributed by atoms with Gasteiger partial charge in [-0.05, 0) is 29.8 Å². The fourth-order valence-corrected chi connectivity index (χ4v) is 3.95. The molecule has 2 aromatic carbocycles. The van der Waals surface area contributed by atoms with Crippen LogP contribution in [0, 0.1) is 11.3 Å². The van der Waals surface area contributed by atoms with Crippen LogP contribution in [0.4, 0.5) is 5.13 Å². The number of anilines is 1. The molecule has 0 aliphatic rings. The topological polar surface area (TPSA) is 75.0 Å². The maximum absolute atomic E-state index is 12.6. The molecule has 0 atom stereocenters. The molecule has 1 heterocycles. The molecule has 0 spiro atoms. The highest BCUT2D eigenvalue weighted by Gasteiger charge is 2.14. The van der Waals surface area contributed by atoms with Gasteiger partial charge in [0.15, 0.2) is 5.13 Å². The molecule has 0 unspecified atom stereocenters. The SMILES string of the molecule is C=CCOc1ccccc1/C=C(\C#N)C(=O)Nc1ncc(Cc2ccc(Cl)cc2Cl)s1. The van der Waals surface area contributed by atoms with Crippen LogP contribution in [-0.2, 0) is 11.2 Å². The van der Waals surface area contributed by atoms with Gasteiger partial charge in [-0.25, -0.2) is 4.98 Å². The smallest absolute Gasteiger partial charge is 0.268 e. The minimum absolute atomic E-state index is 0.0628. The standard InChI is InChI=1S/C23H17Cl2N3O2S/c1-2-9-30-21-6-4-3-5-16(21)10-17(13-26)22(29)28-23-27-14-19(31-23)11-15-7-8-18(24)12-20(15)25/h2-8,10,12,14H,1,9,11H2,(H,27,28,29)/b17-10+. The van der Waals surface area contributed by atoms with Crippen molar-refractivity contribution in [3.05, 3.63) is 92.9 Å². The van der Waals surface area contributed by atoms with Crippen molar-refractivity contribution in [1.29, 1.82) is 5.26 Å². The Hall–Kier alpha value is -3.11. The second-order valence-electron chi connectivity index (χ2n) is 6.31. The lowest BCUT2D eigenvalue weighted by Crippen LogP contribution is -2.13. The molecule has 3 rings (SSSR count). The van der Waals surface area contributed by atoms with Gasteiger partial charge in [-0.2, -0.15) is 5.26 Å². The first-order chi connectivity index (χ1) is 15.0. The number of para-hydroxylation sites is 1. The van der Waals surface area contributed by atoms with E-state index in [1.54, 1.807) is 42.6 Å². The summed E-state index contributed by atoms with van der Waals surface area (Å²) in [6.45, 7) is 3.94. The molecule has 1 N–H and O–H groups in total. The lowest BCUT2D eigenvalue weighted by Gasteiger charge is -2.07. The number of thiazole rings is 1. The first-order valence-corrected chi connectivity index (χ1v) is 10.7. The number of benzene rings is 2. The highest BCUT2D eigenvalue weighted by Crippen LogP contribution is 2.27. The zero-order valence-electron chi connectivity index (χ0n) is 16.3. The number of hydrogen-bond donors (Lipinski definition) is 1. The number of carbonyl (C=O) groups excluding carboxylic acids is 1. The summed E-state index contributed by atoms with van der Waals surface area (Å²) in [5.41, 5.74) is 1.46. The Morgan fingerprint density at radius 1 is 1.29 bits per heavy atom. The van der Waals surface area contributed by atoms with Crippen molar-refractivity contribution in [2.75, 3.05) is 11.9 Å². The molecular weight excluding hydrogens is 453 g/mol. The van der Waals surface area contributed by atoms with Crippen molar-refractivity contribution in [3.63, 3.8) is 0 Å². The van der Waals surface area contributed by atoms with Crippen LogP contribution in [0.2, 0.25) is 10.0 Å². The molecule has 0 aliphatic heterocycles. The van der Waals surface area contributed by atoms with Crippen LogP contribution >= 0.6 is 34.5 Å². The largest absolute Gasteiger partial charge is 0.489 e. The predicted molar refractivity (Wildman–Crippen MR) is 126 cm³/mol. The average Bonchev–Trinajstić information content (AvgIpc) is 3.19. The maximum Gasteiger partial charge on any atom is 0.268 e. The summed E-state index contributed by atoms with van der Waals surface area (Å²) >= 11 is 13.5.